The molecule has 1 aromatic heterocycles. The molecule has 0 unspecified atom stereocenters. The van der Waals surface area contributed by atoms with Gasteiger partial charge in [0, 0.05) is 24.0 Å². The maximum Gasteiger partial charge on any atom is 0.250 e. The van der Waals surface area contributed by atoms with Crippen molar-refractivity contribution in [3.05, 3.63) is 28.5 Å². The molecule has 96 valence electrons. The first-order valence-electron chi connectivity index (χ1n) is 5.65. The lowest BCUT2D eigenvalue weighted by Crippen LogP contribution is -2.47. The molecule has 1 amide bonds. The maximum atomic E-state index is 11.7. The number of ether oxygens (including phenoxy) is 1. The molecular formula is C12H14N2O2S2. The van der Waals surface area contributed by atoms with Gasteiger partial charge < -0.3 is 9.64 Å². The molecule has 6 heteroatoms. The van der Waals surface area contributed by atoms with Crippen LogP contribution in [-0.2, 0) is 9.53 Å². The average molecular weight is 282 g/mol. The Balaban J connectivity index is 1.81. The summed E-state index contributed by atoms with van der Waals surface area (Å²) < 4.78 is 5.22. The van der Waals surface area contributed by atoms with Crippen molar-refractivity contribution in [1.29, 1.82) is 0 Å². The summed E-state index contributed by atoms with van der Waals surface area (Å²) in [5.74, 6) is -0.195. The van der Waals surface area contributed by atoms with Crippen molar-refractivity contribution >= 4 is 40.7 Å². The second-order valence-electron chi connectivity index (χ2n) is 3.74. The second kappa shape index (κ2) is 6.63. The van der Waals surface area contributed by atoms with E-state index in [2.05, 4.69) is 5.32 Å². The molecule has 0 aromatic carbocycles. The Kier molecular flexibility index (Phi) is 4.86. The molecule has 0 radical (unpaired) electrons. The van der Waals surface area contributed by atoms with Crippen molar-refractivity contribution in [3.63, 3.8) is 0 Å². The lowest BCUT2D eigenvalue weighted by molar-refractivity contribution is -0.115. The number of morpholine rings is 1. The predicted molar refractivity (Wildman–Crippen MR) is 76.5 cm³/mol. The van der Waals surface area contributed by atoms with Crippen LogP contribution in [-0.4, -0.2) is 42.2 Å². The topological polar surface area (TPSA) is 41.6 Å². The smallest absolute Gasteiger partial charge is 0.250 e. The van der Waals surface area contributed by atoms with Gasteiger partial charge in [-0.1, -0.05) is 6.07 Å². The molecule has 0 saturated carbocycles. The Labute approximate surface area is 115 Å². The van der Waals surface area contributed by atoms with E-state index in [0.717, 1.165) is 18.0 Å². The number of rotatable bonds is 2. The molecular weight excluding hydrogens is 268 g/mol. The Morgan fingerprint density at radius 1 is 1.50 bits per heavy atom. The van der Waals surface area contributed by atoms with Gasteiger partial charge in [-0.2, -0.15) is 0 Å². The fourth-order valence-corrected chi connectivity index (χ4v) is 2.44. The predicted octanol–water partition coefficient (Wildman–Crippen LogP) is 1.49. The number of hydrogen-bond donors (Lipinski definition) is 1. The van der Waals surface area contributed by atoms with Crippen LogP contribution in [0.4, 0.5) is 0 Å². The van der Waals surface area contributed by atoms with Crippen molar-refractivity contribution in [2.75, 3.05) is 26.3 Å². The molecule has 0 bridgehead atoms. The minimum Gasteiger partial charge on any atom is -0.378 e. The zero-order valence-corrected chi connectivity index (χ0v) is 11.4. The zero-order valence-electron chi connectivity index (χ0n) is 9.80. The number of thiocarbonyl (C=S) groups is 1. The van der Waals surface area contributed by atoms with Gasteiger partial charge in [0.1, 0.15) is 0 Å². The van der Waals surface area contributed by atoms with Gasteiger partial charge in [0.15, 0.2) is 5.11 Å². The lowest BCUT2D eigenvalue weighted by atomic mass is 10.4. The van der Waals surface area contributed by atoms with Crippen LogP contribution in [0.25, 0.3) is 6.08 Å². The van der Waals surface area contributed by atoms with Gasteiger partial charge in [-0.15, -0.1) is 11.3 Å². The summed E-state index contributed by atoms with van der Waals surface area (Å²) in [6, 6.07) is 3.90. The van der Waals surface area contributed by atoms with Crippen molar-refractivity contribution in [3.8, 4) is 0 Å². The Bertz CT molecular complexity index is 437. The molecule has 18 heavy (non-hydrogen) atoms. The van der Waals surface area contributed by atoms with Crippen molar-refractivity contribution < 1.29 is 9.53 Å². The number of carbonyl (C=O) groups excluding carboxylic acids is 1. The first kappa shape index (κ1) is 13.2. The molecule has 0 spiro atoms. The summed E-state index contributed by atoms with van der Waals surface area (Å²) in [7, 11) is 0. The minimum atomic E-state index is -0.195. The quantitative estimate of drug-likeness (QED) is 0.659. The molecule has 1 aromatic rings. The van der Waals surface area contributed by atoms with Gasteiger partial charge in [-0.05, 0) is 29.7 Å². The Morgan fingerprint density at radius 2 is 2.28 bits per heavy atom. The highest BCUT2D eigenvalue weighted by Crippen LogP contribution is 2.09. The standard InChI is InChI=1S/C12H14N2O2S2/c15-11(4-3-10-2-1-9-18-10)13-12(17)14-5-7-16-8-6-14/h1-4,9H,5-8H2,(H,13,15,17)/b4-3+. The van der Waals surface area contributed by atoms with E-state index in [-0.39, 0.29) is 5.91 Å². The summed E-state index contributed by atoms with van der Waals surface area (Å²) in [6.07, 6.45) is 3.28. The number of thiophene rings is 1. The van der Waals surface area contributed by atoms with E-state index < -0.39 is 0 Å². The molecule has 1 aliphatic heterocycles. The molecule has 1 saturated heterocycles. The van der Waals surface area contributed by atoms with Gasteiger partial charge in [0.05, 0.1) is 13.2 Å². The summed E-state index contributed by atoms with van der Waals surface area (Å²) in [5, 5.41) is 5.13. The lowest BCUT2D eigenvalue weighted by Gasteiger charge is -2.28. The van der Waals surface area contributed by atoms with Gasteiger partial charge in [-0.25, -0.2) is 0 Å². The fourth-order valence-electron chi connectivity index (χ4n) is 1.54. The average Bonchev–Trinajstić information content (AvgIpc) is 2.90. The fraction of sp³-hybridized carbons (Fsp3) is 0.333. The summed E-state index contributed by atoms with van der Waals surface area (Å²) >= 11 is 6.76. The van der Waals surface area contributed by atoms with Crippen molar-refractivity contribution in [2.45, 2.75) is 0 Å². The highest BCUT2D eigenvalue weighted by Gasteiger charge is 2.14. The first-order valence-corrected chi connectivity index (χ1v) is 6.94. The maximum absolute atomic E-state index is 11.7. The third-order valence-corrected chi connectivity index (χ3v) is 3.67. The SMILES string of the molecule is O=C(/C=C/c1cccs1)NC(=S)N1CCOCC1. The molecule has 1 fully saturated rings. The van der Waals surface area contributed by atoms with Crippen LogP contribution in [0.15, 0.2) is 23.6 Å². The second-order valence-corrected chi connectivity index (χ2v) is 5.11. The van der Waals surface area contributed by atoms with E-state index in [4.69, 9.17) is 17.0 Å². The minimum absolute atomic E-state index is 0.195. The Morgan fingerprint density at radius 3 is 2.94 bits per heavy atom. The monoisotopic (exact) mass is 282 g/mol. The van der Waals surface area contributed by atoms with E-state index in [1.54, 1.807) is 17.4 Å². The molecule has 1 N–H and O–H groups in total. The van der Waals surface area contributed by atoms with Crippen LogP contribution < -0.4 is 5.32 Å². The van der Waals surface area contributed by atoms with E-state index in [1.807, 2.05) is 22.4 Å². The first-order chi connectivity index (χ1) is 8.75. The highest BCUT2D eigenvalue weighted by molar-refractivity contribution is 7.80. The number of hydrogen-bond acceptors (Lipinski definition) is 4. The molecule has 2 heterocycles. The van der Waals surface area contributed by atoms with Gasteiger partial charge in [0.25, 0.3) is 0 Å². The van der Waals surface area contributed by atoms with Gasteiger partial charge in [-0.3, -0.25) is 10.1 Å². The van der Waals surface area contributed by atoms with E-state index >= 15 is 0 Å². The van der Waals surface area contributed by atoms with E-state index in [1.165, 1.54) is 6.08 Å². The van der Waals surface area contributed by atoms with Crippen LogP contribution >= 0.6 is 23.6 Å². The van der Waals surface area contributed by atoms with Crippen molar-refractivity contribution in [2.24, 2.45) is 0 Å². The molecule has 2 rings (SSSR count). The van der Waals surface area contributed by atoms with Gasteiger partial charge >= 0.3 is 0 Å². The highest BCUT2D eigenvalue weighted by atomic mass is 32.1. The zero-order chi connectivity index (χ0) is 12.8. The van der Waals surface area contributed by atoms with Crippen LogP contribution in [0.3, 0.4) is 0 Å². The van der Waals surface area contributed by atoms with E-state index in [0.29, 0.717) is 18.3 Å². The number of nitrogens with one attached hydrogen (secondary N) is 1. The summed E-state index contributed by atoms with van der Waals surface area (Å²) in [4.78, 5) is 14.6. The molecule has 0 atom stereocenters. The van der Waals surface area contributed by atoms with Crippen LogP contribution in [0, 0.1) is 0 Å². The normalized spacial score (nSPS) is 15.9. The van der Waals surface area contributed by atoms with Crippen LogP contribution in [0.5, 0.6) is 0 Å². The summed E-state index contributed by atoms with van der Waals surface area (Å²) in [6.45, 7) is 2.77. The van der Waals surface area contributed by atoms with Gasteiger partial charge in [0.2, 0.25) is 5.91 Å². The largest absolute Gasteiger partial charge is 0.378 e. The number of amides is 1. The summed E-state index contributed by atoms with van der Waals surface area (Å²) in [5.41, 5.74) is 0. The van der Waals surface area contributed by atoms with Crippen molar-refractivity contribution in [1.82, 2.24) is 10.2 Å². The van der Waals surface area contributed by atoms with E-state index in [9.17, 15) is 4.79 Å². The van der Waals surface area contributed by atoms with Crippen LogP contribution in [0.1, 0.15) is 4.88 Å². The Hall–Kier alpha value is -1.24. The molecule has 0 aliphatic carbocycles. The number of carbonyl (C=O) groups is 1. The number of nitrogens with zero attached hydrogens (tertiary/aromatic N) is 1. The van der Waals surface area contributed by atoms with Crippen LogP contribution in [0.2, 0.25) is 0 Å². The third kappa shape index (κ3) is 3.90. The third-order valence-electron chi connectivity index (χ3n) is 2.47. The molecule has 1 aliphatic rings. The molecule has 4 nitrogen and oxygen atoms in total.